The first-order valence-electron chi connectivity index (χ1n) is 9.24. The molecule has 4 rings (SSSR count). The number of aromatic carboxylic acids is 1. The summed E-state index contributed by atoms with van der Waals surface area (Å²) < 4.78 is 24.0. The number of anilines is 1. The average Bonchev–Trinajstić information content (AvgIpc) is 3.16. The van der Waals surface area contributed by atoms with Gasteiger partial charge in [0.2, 0.25) is 0 Å². The monoisotopic (exact) mass is 473 g/mol. The third kappa shape index (κ3) is 4.69. The Hall–Kier alpha value is -3.55. The summed E-state index contributed by atoms with van der Waals surface area (Å²) >= 11 is 11.8. The van der Waals surface area contributed by atoms with Crippen molar-refractivity contribution in [2.24, 2.45) is 0 Å². The predicted molar refractivity (Wildman–Crippen MR) is 119 cm³/mol. The van der Waals surface area contributed by atoms with Gasteiger partial charge in [0.15, 0.2) is 6.61 Å². The van der Waals surface area contributed by atoms with E-state index in [-0.39, 0.29) is 33.7 Å². The molecule has 0 bridgehead atoms. The second-order valence-corrected chi connectivity index (χ2v) is 7.63. The van der Waals surface area contributed by atoms with Crippen LogP contribution in [0, 0.1) is 5.82 Å². The quantitative estimate of drug-likeness (QED) is 0.325. The second kappa shape index (κ2) is 8.90. The highest BCUT2D eigenvalue weighted by Gasteiger charge is 2.18. The van der Waals surface area contributed by atoms with Gasteiger partial charge in [-0.2, -0.15) is 0 Å². The molecule has 6 nitrogen and oxygen atoms in total. The summed E-state index contributed by atoms with van der Waals surface area (Å²) in [4.78, 5) is 23.6. The zero-order valence-electron chi connectivity index (χ0n) is 16.2. The lowest BCUT2D eigenvalue weighted by Crippen LogP contribution is -2.16. The van der Waals surface area contributed by atoms with Crippen LogP contribution in [0.2, 0.25) is 10.0 Å². The molecule has 0 saturated carbocycles. The number of fused-ring (bicyclic) bond motifs is 1. The summed E-state index contributed by atoms with van der Waals surface area (Å²) in [5, 5.41) is 12.5. The van der Waals surface area contributed by atoms with Gasteiger partial charge in [0.05, 0.1) is 16.3 Å². The molecule has 0 fully saturated rings. The molecule has 0 radical (unpaired) electrons. The highest BCUT2D eigenvalue weighted by Crippen LogP contribution is 2.31. The number of hydrogen-bond donors (Lipinski definition) is 2. The predicted octanol–water partition coefficient (Wildman–Crippen LogP) is 6.99. The van der Waals surface area contributed by atoms with Gasteiger partial charge >= 0.3 is 12.1 Å². The van der Waals surface area contributed by atoms with Crippen LogP contribution in [-0.2, 0) is 11.3 Å². The van der Waals surface area contributed by atoms with E-state index in [9.17, 15) is 19.1 Å². The lowest BCUT2D eigenvalue weighted by Gasteiger charge is -2.11. The van der Waals surface area contributed by atoms with Crippen molar-refractivity contribution in [2.45, 2.75) is 6.61 Å². The number of nitrogens with one attached hydrogen (secondary N) is 1. The van der Waals surface area contributed by atoms with Crippen molar-refractivity contribution in [3.63, 3.8) is 0 Å². The topological polar surface area (TPSA) is 88.8 Å². The van der Waals surface area contributed by atoms with Gasteiger partial charge in [-0.05, 0) is 53.6 Å². The molecule has 1 heterocycles. The van der Waals surface area contributed by atoms with E-state index in [1.165, 1.54) is 24.3 Å². The SMILES string of the molecule is O=C(Nc1c(Cl)cc(Cl)cc1C(=O)O)OCc1cc2cc(-c3ccc(F)cc3)ccc2o1. The van der Waals surface area contributed by atoms with Gasteiger partial charge < -0.3 is 14.3 Å². The number of furan rings is 1. The molecule has 32 heavy (non-hydrogen) atoms. The Morgan fingerprint density at radius 2 is 1.72 bits per heavy atom. The fourth-order valence-corrected chi connectivity index (χ4v) is 3.68. The molecule has 0 aliphatic heterocycles. The summed E-state index contributed by atoms with van der Waals surface area (Å²) in [5.74, 6) is -1.24. The minimum atomic E-state index is -1.31. The second-order valence-electron chi connectivity index (χ2n) is 6.79. The Bertz CT molecular complexity index is 1330. The van der Waals surface area contributed by atoms with Gasteiger partial charge in [-0.25, -0.2) is 14.0 Å². The molecule has 162 valence electrons. The Kier molecular flexibility index (Phi) is 6.03. The van der Waals surface area contributed by atoms with E-state index >= 15 is 0 Å². The largest absolute Gasteiger partial charge is 0.478 e. The van der Waals surface area contributed by atoms with Gasteiger partial charge in [-0.15, -0.1) is 0 Å². The molecular weight excluding hydrogens is 460 g/mol. The molecule has 3 aromatic carbocycles. The number of halogens is 3. The molecule has 0 aliphatic carbocycles. The first-order chi connectivity index (χ1) is 15.3. The van der Waals surface area contributed by atoms with E-state index in [2.05, 4.69) is 5.32 Å². The van der Waals surface area contributed by atoms with Crippen LogP contribution >= 0.6 is 23.2 Å². The zero-order chi connectivity index (χ0) is 22.8. The number of carboxylic acid groups (broad SMARTS) is 1. The molecule has 0 saturated heterocycles. The van der Waals surface area contributed by atoms with Crippen LogP contribution in [0.1, 0.15) is 16.1 Å². The van der Waals surface area contributed by atoms with Crippen LogP contribution in [0.25, 0.3) is 22.1 Å². The molecule has 0 atom stereocenters. The van der Waals surface area contributed by atoms with Gasteiger partial charge in [0.25, 0.3) is 0 Å². The van der Waals surface area contributed by atoms with Crippen molar-refractivity contribution in [3.8, 4) is 11.1 Å². The van der Waals surface area contributed by atoms with Crippen molar-refractivity contribution in [2.75, 3.05) is 5.32 Å². The van der Waals surface area contributed by atoms with Crippen LogP contribution in [0.15, 0.2) is 65.1 Å². The lowest BCUT2D eigenvalue weighted by atomic mass is 10.0. The first kappa shape index (κ1) is 21.7. The molecule has 1 aromatic heterocycles. The Morgan fingerprint density at radius 3 is 2.44 bits per heavy atom. The molecular formula is C23H14Cl2FNO5. The number of hydrogen-bond acceptors (Lipinski definition) is 4. The Balaban J connectivity index is 1.47. The lowest BCUT2D eigenvalue weighted by molar-refractivity contribution is 0.0698. The van der Waals surface area contributed by atoms with Gasteiger partial charge in [0, 0.05) is 10.4 Å². The van der Waals surface area contributed by atoms with Crippen LogP contribution < -0.4 is 5.32 Å². The summed E-state index contributed by atoms with van der Waals surface area (Å²) in [6.07, 6.45) is -0.913. The van der Waals surface area contributed by atoms with Crippen molar-refractivity contribution in [1.82, 2.24) is 0 Å². The van der Waals surface area contributed by atoms with Gasteiger partial charge in [-0.3, -0.25) is 5.32 Å². The summed E-state index contributed by atoms with van der Waals surface area (Å²) in [7, 11) is 0. The summed E-state index contributed by atoms with van der Waals surface area (Å²) in [5.41, 5.74) is 1.92. The number of rotatable bonds is 5. The minimum Gasteiger partial charge on any atom is -0.478 e. The Morgan fingerprint density at radius 1 is 1.00 bits per heavy atom. The molecule has 4 aromatic rings. The molecule has 1 amide bonds. The molecule has 0 spiro atoms. The van der Waals surface area contributed by atoms with E-state index in [1.807, 2.05) is 12.1 Å². The highest BCUT2D eigenvalue weighted by molar-refractivity contribution is 6.37. The summed E-state index contributed by atoms with van der Waals surface area (Å²) in [6, 6.07) is 15.8. The van der Waals surface area contributed by atoms with Gasteiger partial charge in [0.1, 0.15) is 17.2 Å². The third-order valence-electron chi connectivity index (χ3n) is 4.60. The normalized spacial score (nSPS) is 10.8. The van der Waals surface area contributed by atoms with E-state index in [1.54, 1.807) is 24.3 Å². The van der Waals surface area contributed by atoms with Crippen molar-refractivity contribution in [3.05, 3.63) is 87.8 Å². The third-order valence-corrected chi connectivity index (χ3v) is 5.12. The maximum absolute atomic E-state index is 13.1. The number of carboxylic acids is 1. The fraction of sp³-hybridized carbons (Fsp3) is 0.0435. The maximum Gasteiger partial charge on any atom is 0.412 e. The number of amides is 1. The van der Waals surface area contributed by atoms with Crippen LogP contribution in [-0.4, -0.2) is 17.2 Å². The van der Waals surface area contributed by atoms with E-state index in [0.29, 0.717) is 11.3 Å². The van der Waals surface area contributed by atoms with Crippen molar-refractivity contribution in [1.29, 1.82) is 0 Å². The van der Waals surface area contributed by atoms with Crippen LogP contribution in [0.3, 0.4) is 0 Å². The number of benzene rings is 3. The zero-order valence-corrected chi connectivity index (χ0v) is 17.7. The van der Waals surface area contributed by atoms with E-state index in [0.717, 1.165) is 16.5 Å². The molecule has 2 N–H and O–H groups in total. The summed E-state index contributed by atoms with van der Waals surface area (Å²) in [6.45, 7) is -0.194. The first-order valence-corrected chi connectivity index (χ1v) is 10.0. The fourth-order valence-electron chi connectivity index (χ4n) is 3.14. The van der Waals surface area contributed by atoms with Gasteiger partial charge in [-0.1, -0.05) is 41.4 Å². The average molecular weight is 474 g/mol. The van der Waals surface area contributed by atoms with Crippen molar-refractivity contribution >= 4 is 51.9 Å². The number of ether oxygens (including phenoxy) is 1. The highest BCUT2D eigenvalue weighted by atomic mass is 35.5. The molecule has 0 aliphatic rings. The molecule has 9 heteroatoms. The van der Waals surface area contributed by atoms with Crippen LogP contribution in [0.5, 0.6) is 0 Å². The smallest absolute Gasteiger partial charge is 0.412 e. The van der Waals surface area contributed by atoms with Crippen LogP contribution in [0.4, 0.5) is 14.9 Å². The Labute approximate surface area is 191 Å². The number of carbonyl (C=O) groups is 2. The molecule has 0 unspecified atom stereocenters. The maximum atomic E-state index is 13.1. The van der Waals surface area contributed by atoms with E-state index in [4.69, 9.17) is 32.4 Å². The van der Waals surface area contributed by atoms with E-state index < -0.39 is 12.1 Å². The van der Waals surface area contributed by atoms with Crippen molar-refractivity contribution < 1.29 is 28.2 Å². The minimum absolute atomic E-state index is 0.0380. The standard InChI is InChI=1S/C23H14Cl2FNO5/c24-15-9-18(22(28)29)21(19(25)10-15)27-23(30)31-11-17-8-14-7-13(3-6-20(14)32-17)12-1-4-16(26)5-2-12/h1-10H,11H2,(H,27,30)(H,28,29). The number of carbonyl (C=O) groups excluding carboxylic acids is 1.